The third-order valence-electron chi connectivity index (χ3n) is 7.51. The summed E-state index contributed by atoms with van der Waals surface area (Å²) in [6, 6.07) is 13.2. The highest BCUT2D eigenvalue weighted by atomic mass is 19.1. The predicted octanol–water partition coefficient (Wildman–Crippen LogP) is 4.45. The van der Waals surface area contributed by atoms with Crippen LogP contribution in [0.4, 0.5) is 4.39 Å². The average molecular weight is 481 g/mol. The van der Waals surface area contributed by atoms with Crippen molar-refractivity contribution in [3.8, 4) is 17.2 Å². The molecule has 5 rings (SSSR count). The van der Waals surface area contributed by atoms with Gasteiger partial charge in [0.1, 0.15) is 30.0 Å². The van der Waals surface area contributed by atoms with E-state index in [1.165, 1.54) is 5.57 Å². The molecule has 6 nitrogen and oxygen atoms in total. The van der Waals surface area contributed by atoms with Gasteiger partial charge in [-0.25, -0.2) is 0 Å². The predicted molar refractivity (Wildman–Crippen MR) is 132 cm³/mol. The zero-order chi connectivity index (χ0) is 24.5. The molecule has 186 valence electrons. The molecular weight excluding hydrogens is 447 g/mol. The standard InChI is InChI=1S/C28H33FN2O4/c1-18-25-13-23(33)5-8-26(25)35-28(27(18)22-9-10-31(17-22)19(2)32)21-3-6-24(7-4-21)34-12-11-30-15-20(14-29)16-30/h3-8,13,20,22,28,33H,9-12,14-17H2,1-2H3. The molecule has 0 saturated carbocycles. The lowest BCUT2D eigenvalue weighted by Crippen LogP contribution is -2.49. The Bertz CT molecular complexity index is 1110. The third kappa shape index (κ3) is 4.87. The highest BCUT2D eigenvalue weighted by Crippen LogP contribution is 2.47. The van der Waals surface area contributed by atoms with Gasteiger partial charge in [0, 0.05) is 57.0 Å². The van der Waals surface area contributed by atoms with Gasteiger partial charge in [-0.05, 0) is 60.4 Å². The summed E-state index contributed by atoms with van der Waals surface area (Å²) in [6.07, 6.45) is 0.623. The zero-order valence-electron chi connectivity index (χ0n) is 20.4. The molecule has 2 fully saturated rings. The summed E-state index contributed by atoms with van der Waals surface area (Å²) in [7, 11) is 0. The van der Waals surface area contributed by atoms with Crippen molar-refractivity contribution in [1.29, 1.82) is 0 Å². The Morgan fingerprint density at radius 1 is 1.17 bits per heavy atom. The van der Waals surface area contributed by atoms with E-state index in [9.17, 15) is 14.3 Å². The summed E-state index contributed by atoms with van der Waals surface area (Å²) in [5, 5.41) is 10.1. The molecule has 3 aliphatic rings. The molecule has 0 radical (unpaired) electrons. The number of carbonyl (C=O) groups is 1. The number of benzene rings is 2. The van der Waals surface area contributed by atoms with Crippen LogP contribution < -0.4 is 9.47 Å². The molecule has 1 amide bonds. The fraction of sp³-hybridized carbons (Fsp3) is 0.464. The van der Waals surface area contributed by atoms with Crippen molar-refractivity contribution in [3.05, 3.63) is 59.2 Å². The van der Waals surface area contributed by atoms with Crippen LogP contribution in [0.3, 0.4) is 0 Å². The van der Waals surface area contributed by atoms with Gasteiger partial charge in [-0.3, -0.25) is 14.1 Å². The number of nitrogens with zero attached hydrogens (tertiary/aromatic N) is 2. The number of halogens is 1. The van der Waals surface area contributed by atoms with Gasteiger partial charge in [0.15, 0.2) is 0 Å². The Morgan fingerprint density at radius 3 is 2.63 bits per heavy atom. The van der Waals surface area contributed by atoms with Crippen LogP contribution in [0.25, 0.3) is 5.57 Å². The Morgan fingerprint density at radius 2 is 1.94 bits per heavy atom. The number of carbonyl (C=O) groups excluding carboxylic acids is 1. The number of alkyl halides is 1. The number of rotatable bonds is 7. The first-order chi connectivity index (χ1) is 16.9. The number of aromatic hydroxyl groups is 1. The number of amides is 1. The molecule has 0 spiro atoms. The molecule has 0 aromatic heterocycles. The molecule has 2 aromatic rings. The zero-order valence-corrected chi connectivity index (χ0v) is 20.4. The summed E-state index contributed by atoms with van der Waals surface area (Å²) in [4.78, 5) is 16.1. The molecular formula is C28H33FN2O4. The van der Waals surface area contributed by atoms with Gasteiger partial charge >= 0.3 is 0 Å². The normalized spacial score (nSPS) is 22.5. The minimum atomic E-state index is -0.267. The first-order valence-corrected chi connectivity index (χ1v) is 12.4. The summed E-state index contributed by atoms with van der Waals surface area (Å²) in [6.45, 7) is 7.88. The quantitative estimate of drug-likeness (QED) is 0.635. The van der Waals surface area contributed by atoms with E-state index in [-0.39, 0.29) is 36.3 Å². The monoisotopic (exact) mass is 480 g/mol. The smallest absolute Gasteiger partial charge is 0.219 e. The largest absolute Gasteiger partial charge is 0.508 e. The van der Waals surface area contributed by atoms with E-state index in [1.54, 1.807) is 19.1 Å². The number of phenols is 1. The third-order valence-corrected chi connectivity index (χ3v) is 7.51. The fourth-order valence-corrected chi connectivity index (χ4v) is 5.51. The van der Waals surface area contributed by atoms with Gasteiger partial charge in [-0.15, -0.1) is 0 Å². The molecule has 3 heterocycles. The van der Waals surface area contributed by atoms with Gasteiger partial charge in [-0.2, -0.15) is 0 Å². The maximum absolute atomic E-state index is 12.6. The van der Waals surface area contributed by atoms with Crippen LogP contribution in [0, 0.1) is 11.8 Å². The average Bonchev–Trinajstić information content (AvgIpc) is 3.31. The van der Waals surface area contributed by atoms with Gasteiger partial charge in [0.05, 0.1) is 6.67 Å². The van der Waals surface area contributed by atoms with Crippen molar-refractivity contribution in [3.63, 3.8) is 0 Å². The van der Waals surface area contributed by atoms with Gasteiger partial charge < -0.3 is 19.5 Å². The number of hydrogen-bond donors (Lipinski definition) is 1. The van der Waals surface area contributed by atoms with E-state index in [2.05, 4.69) is 11.8 Å². The van der Waals surface area contributed by atoms with Gasteiger partial charge in [0.2, 0.25) is 5.91 Å². The lowest BCUT2D eigenvalue weighted by molar-refractivity contribution is -0.127. The Kier molecular flexibility index (Phi) is 6.69. The second-order valence-corrected chi connectivity index (χ2v) is 9.91. The van der Waals surface area contributed by atoms with Crippen LogP contribution in [0.2, 0.25) is 0 Å². The molecule has 1 N–H and O–H groups in total. The Balaban J connectivity index is 1.34. The number of likely N-dealkylation sites (tertiary alicyclic amines) is 2. The van der Waals surface area contributed by atoms with Crippen LogP contribution >= 0.6 is 0 Å². The summed E-state index contributed by atoms with van der Waals surface area (Å²) < 4.78 is 25.0. The summed E-state index contributed by atoms with van der Waals surface area (Å²) in [5.74, 6) is 2.23. The van der Waals surface area contributed by atoms with Crippen LogP contribution in [-0.4, -0.2) is 66.8 Å². The second kappa shape index (κ2) is 9.90. The Labute approximate surface area is 205 Å². The van der Waals surface area contributed by atoms with E-state index < -0.39 is 0 Å². The van der Waals surface area contributed by atoms with Crippen molar-refractivity contribution in [2.45, 2.75) is 26.4 Å². The Hall–Kier alpha value is -3.06. The highest BCUT2D eigenvalue weighted by molar-refractivity contribution is 5.77. The molecule has 2 atom stereocenters. The van der Waals surface area contributed by atoms with Crippen LogP contribution in [-0.2, 0) is 4.79 Å². The van der Waals surface area contributed by atoms with Crippen LogP contribution in [0.5, 0.6) is 17.2 Å². The molecule has 3 aliphatic heterocycles. The van der Waals surface area contributed by atoms with Crippen LogP contribution in [0.1, 0.15) is 37.5 Å². The highest BCUT2D eigenvalue weighted by Gasteiger charge is 2.37. The molecule has 0 bridgehead atoms. The molecule has 2 unspecified atom stereocenters. The summed E-state index contributed by atoms with van der Waals surface area (Å²) in [5.41, 5.74) is 4.20. The van der Waals surface area contributed by atoms with Crippen LogP contribution in [0.15, 0.2) is 48.0 Å². The van der Waals surface area contributed by atoms with Gasteiger partial charge in [0.25, 0.3) is 0 Å². The van der Waals surface area contributed by atoms with E-state index >= 15 is 0 Å². The van der Waals surface area contributed by atoms with Crippen molar-refractivity contribution >= 4 is 11.5 Å². The molecule has 2 saturated heterocycles. The first-order valence-electron chi connectivity index (χ1n) is 12.4. The number of hydrogen-bond acceptors (Lipinski definition) is 5. The minimum Gasteiger partial charge on any atom is -0.508 e. The van der Waals surface area contributed by atoms with Gasteiger partial charge in [-0.1, -0.05) is 12.1 Å². The number of fused-ring (bicyclic) bond motifs is 1. The van der Waals surface area contributed by atoms with Crippen molar-refractivity contribution in [1.82, 2.24) is 9.80 Å². The van der Waals surface area contributed by atoms with E-state index in [1.807, 2.05) is 35.2 Å². The molecule has 7 heteroatoms. The summed E-state index contributed by atoms with van der Waals surface area (Å²) >= 11 is 0. The number of phenolic OH excluding ortho intramolecular Hbond substituents is 1. The minimum absolute atomic E-state index is 0.0945. The maximum Gasteiger partial charge on any atom is 0.219 e. The second-order valence-electron chi connectivity index (χ2n) is 9.91. The molecule has 35 heavy (non-hydrogen) atoms. The van der Waals surface area contributed by atoms with Crippen molar-refractivity contribution in [2.24, 2.45) is 11.8 Å². The van der Waals surface area contributed by atoms with E-state index in [4.69, 9.17) is 9.47 Å². The SMILES string of the molecule is CC(=O)N1CCC(C2=C(C)c3cc(O)ccc3OC2c2ccc(OCCN3CC(CF)C3)cc2)C1. The lowest BCUT2D eigenvalue weighted by Gasteiger charge is -2.37. The van der Waals surface area contributed by atoms with Crippen molar-refractivity contribution in [2.75, 3.05) is 46.0 Å². The molecule has 2 aromatic carbocycles. The topological polar surface area (TPSA) is 62.2 Å². The fourth-order valence-electron chi connectivity index (χ4n) is 5.51. The first kappa shape index (κ1) is 23.7. The van der Waals surface area contributed by atoms with Crippen molar-refractivity contribution < 1.29 is 23.8 Å². The maximum atomic E-state index is 12.6. The lowest BCUT2D eigenvalue weighted by atomic mass is 9.82. The molecule has 0 aliphatic carbocycles. The number of allylic oxidation sites excluding steroid dienone is 1. The van der Waals surface area contributed by atoms with E-state index in [0.29, 0.717) is 13.2 Å². The number of ether oxygens (including phenoxy) is 2. The van der Waals surface area contributed by atoms with E-state index in [0.717, 1.165) is 60.8 Å².